The van der Waals surface area contributed by atoms with Crippen LogP contribution in [0.5, 0.6) is 0 Å². The van der Waals surface area contributed by atoms with E-state index in [0.29, 0.717) is 0 Å². The molecular formula is C21H29N5O9. The summed E-state index contributed by atoms with van der Waals surface area (Å²) in [6.07, 6.45) is -3.07. The Balaban J connectivity index is 2.93. The van der Waals surface area contributed by atoms with Crippen LogP contribution in [0.15, 0.2) is 30.3 Å². The molecule has 0 aliphatic rings. The molecule has 10 N–H and O–H groups in total. The van der Waals surface area contributed by atoms with E-state index in [1.807, 2.05) is 5.32 Å². The monoisotopic (exact) mass is 495 g/mol. The fourth-order valence-electron chi connectivity index (χ4n) is 2.95. The lowest BCUT2D eigenvalue weighted by Crippen LogP contribution is -2.60. The van der Waals surface area contributed by atoms with Crippen LogP contribution in [0.4, 0.5) is 0 Å². The Bertz CT molecular complexity index is 938. The van der Waals surface area contributed by atoms with E-state index in [9.17, 15) is 33.9 Å². The number of hydrogen-bond acceptors (Lipinski definition) is 8. The van der Waals surface area contributed by atoms with E-state index in [1.165, 1.54) is 6.92 Å². The smallest absolute Gasteiger partial charge is 0.326 e. The number of rotatable bonds is 14. The maximum absolute atomic E-state index is 12.7. The van der Waals surface area contributed by atoms with Crippen LogP contribution < -0.4 is 27.4 Å². The van der Waals surface area contributed by atoms with Crippen LogP contribution in [0, 0.1) is 0 Å². The minimum Gasteiger partial charge on any atom is -0.481 e. The molecule has 4 amide bonds. The molecule has 14 heteroatoms. The SMILES string of the molecule is CC(O)C(NC(=O)C(N)Cc1ccccc1)C(=O)NC(CC(N)=O)C(=O)NC(CC(=O)O)C(=O)O. The molecule has 0 aromatic heterocycles. The van der Waals surface area contributed by atoms with Crippen molar-refractivity contribution < 1.29 is 44.1 Å². The standard InChI is InChI=1S/C21H29N5O9/c1-10(27)17(26-18(31)12(22)7-11-5-3-2-4-6-11)20(33)24-13(8-15(23)28)19(32)25-14(21(34)35)9-16(29)30/h2-6,10,12-14,17,27H,7-9,22H2,1H3,(H2,23,28)(H,24,33)(H,25,32)(H,26,31)(H,29,30)(H,34,35). The zero-order chi connectivity index (χ0) is 26.7. The minimum atomic E-state index is -1.85. The van der Waals surface area contributed by atoms with Gasteiger partial charge in [-0.3, -0.25) is 24.0 Å². The average molecular weight is 495 g/mol. The molecule has 0 saturated carbocycles. The summed E-state index contributed by atoms with van der Waals surface area (Å²) in [5.74, 6) is -7.30. The van der Waals surface area contributed by atoms with E-state index >= 15 is 0 Å². The van der Waals surface area contributed by atoms with Gasteiger partial charge < -0.3 is 42.7 Å². The molecule has 0 bridgehead atoms. The zero-order valence-electron chi connectivity index (χ0n) is 18.8. The number of aliphatic carboxylic acids is 2. The summed E-state index contributed by atoms with van der Waals surface area (Å²) < 4.78 is 0. The number of carbonyl (C=O) groups is 6. The first-order valence-corrected chi connectivity index (χ1v) is 10.4. The fraction of sp³-hybridized carbons (Fsp3) is 0.429. The first-order chi connectivity index (χ1) is 16.3. The molecular weight excluding hydrogens is 466 g/mol. The summed E-state index contributed by atoms with van der Waals surface area (Å²) in [4.78, 5) is 71.1. The fourth-order valence-corrected chi connectivity index (χ4v) is 2.95. The number of carbonyl (C=O) groups excluding carboxylic acids is 4. The van der Waals surface area contributed by atoms with Crippen molar-refractivity contribution in [2.75, 3.05) is 0 Å². The van der Waals surface area contributed by atoms with Crippen LogP contribution in [0.3, 0.4) is 0 Å². The van der Waals surface area contributed by atoms with E-state index in [2.05, 4.69) is 10.6 Å². The van der Waals surface area contributed by atoms with Crippen LogP contribution in [0.2, 0.25) is 0 Å². The highest BCUT2D eigenvalue weighted by atomic mass is 16.4. The van der Waals surface area contributed by atoms with Gasteiger partial charge in [-0.25, -0.2) is 4.79 Å². The summed E-state index contributed by atoms with van der Waals surface area (Å²) in [6, 6.07) is 2.53. The van der Waals surface area contributed by atoms with Gasteiger partial charge in [0.1, 0.15) is 18.1 Å². The molecule has 192 valence electrons. The predicted molar refractivity (Wildman–Crippen MR) is 119 cm³/mol. The first kappa shape index (κ1) is 29.0. The molecule has 1 rings (SSSR count). The molecule has 0 heterocycles. The largest absolute Gasteiger partial charge is 0.481 e. The van der Waals surface area contributed by atoms with E-state index < -0.39 is 78.7 Å². The van der Waals surface area contributed by atoms with Crippen molar-refractivity contribution in [3.05, 3.63) is 35.9 Å². The van der Waals surface area contributed by atoms with E-state index in [4.69, 9.17) is 21.7 Å². The topological polar surface area (TPSA) is 251 Å². The van der Waals surface area contributed by atoms with Crippen LogP contribution in [0.1, 0.15) is 25.3 Å². The Hall–Kier alpha value is -4.04. The molecule has 1 aromatic rings. The highest BCUT2D eigenvalue weighted by molar-refractivity contribution is 5.96. The van der Waals surface area contributed by atoms with Crippen molar-refractivity contribution in [1.29, 1.82) is 0 Å². The van der Waals surface area contributed by atoms with Gasteiger partial charge in [0.2, 0.25) is 23.6 Å². The second kappa shape index (κ2) is 13.6. The summed E-state index contributed by atoms with van der Waals surface area (Å²) in [6.45, 7) is 1.18. The number of carboxylic acid groups (broad SMARTS) is 2. The molecule has 14 nitrogen and oxygen atoms in total. The molecule has 0 aliphatic heterocycles. The number of benzene rings is 1. The normalized spacial score (nSPS) is 14.9. The lowest BCUT2D eigenvalue weighted by molar-refractivity contribution is -0.147. The number of primary amides is 1. The Morgan fingerprint density at radius 3 is 1.91 bits per heavy atom. The van der Waals surface area contributed by atoms with Gasteiger partial charge in [0.15, 0.2) is 0 Å². The van der Waals surface area contributed by atoms with E-state index in [1.54, 1.807) is 30.3 Å². The number of carboxylic acids is 2. The van der Waals surface area contributed by atoms with Gasteiger partial charge in [-0.05, 0) is 18.9 Å². The molecule has 5 atom stereocenters. The van der Waals surface area contributed by atoms with Gasteiger partial charge in [0.05, 0.1) is 25.0 Å². The molecule has 0 radical (unpaired) electrons. The van der Waals surface area contributed by atoms with E-state index in [-0.39, 0.29) is 6.42 Å². The maximum atomic E-state index is 12.7. The summed E-state index contributed by atoms with van der Waals surface area (Å²) >= 11 is 0. The van der Waals surface area contributed by atoms with Crippen molar-refractivity contribution in [1.82, 2.24) is 16.0 Å². The maximum Gasteiger partial charge on any atom is 0.326 e. The third-order valence-electron chi connectivity index (χ3n) is 4.73. The van der Waals surface area contributed by atoms with Gasteiger partial charge in [-0.1, -0.05) is 30.3 Å². The quantitative estimate of drug-likeness (QED) is 0.128. The number of amides is 4. The Morgan fingerprint density at radius 1 is 0.857 bits per heavy atom. The zero-order valence-corrected chi connectivity index (χ0v) is 18.8. The molecule has 0 spiro atoms. The van der Waals surface area contributed by atoms with Crippen LogP contribution in [-0.2, 0) is 35.2 Å². The Labute approximate surface area is 200 Å². The summed E-state index contributed by atoms with van der Waals surface area (Å²) in [7, 11) is 0. The lowest BCUT2D eigenvalue weighted by atomic mass is 10.0. The molecule has 0 fully saturated rings. The molecule has 35 heavy (non-hydrogen) atoms. The number of nitrogens with two attached hydrogens (primary N) is 2. The Morgan fingerprint density at radius 2 is 1.43 bits per heavy atom. The van der Waals surface area contributed by atoms with Gasteiger partial charge >= 0.3 is 11.9 Å². The Kier molecular flexibility index (Phi) is 11.3. The second-order valence-corrected chi connectivity index (χ2v) is 7.75. The summed E-state index contributed by atoms with van der Waals surface area (Å²) in [5.41, 5.74) is 11.7. The van der Waals surface area contributed by atoms with Crippen LogP contribution >= 0.6 is 0 Å². The van der Waals surface area contributed by atoms with Crippen LogP contribution in [-0.4, -0.2) is 81.2 Å². The van der Waals surface area contributed by atoms with Crippen LogP contribution in [0.25, 0.3) is 0 Å². The minimum absolute atomic E-state index is 0.133. The predicted octanol–water partition coefficient (Wildman–Crippen LogP) is -3.17. The van der Waals surface area contributed by atoms with Crippen molar-refractivity contribution >= 4 is 35.6 Å². The van der Waals surface area contributed by atoms with Gasteiger partial charge in [-0.2, -0.15) is 0 Å². The van der Waals surface area contributed by atoms with Gasteiger partial charge in [-0.15, -0.1) is 0 Å². The molecule has 0 aliphatic carbocycles. The second-order valence-electron chi connectivity index (χ2n) is 7.75. The van der Waals surface area contributed by atoms with E-state index in [0.717, 1.165) is 5.56 Å². The number of aliphatic hydroxyl groups is 1. The third-order valence-corrected chi connectivity index (χ3v) is 4.73. The highest BCUT2D eigenvalue weighted by Gasteiger charge is 2.33. The number of hydrogen-bond donors (Lipinski definition) is 8. The first-order valence-electron chi connectivity index (χ1n) is 10.4. The van der Waals surface area contributed by atoms with Crippen molar-refractivity contribution in [3.63, 3.8) is 0 Å². The number of nitrogens with one attached hydrogen (secondary N) is 3. The molecule has 0 saturated heterocycles. The third kappa shape index (κ3) is 10.2. The summed E-state index contributed by atoms with van der Waals surface area (Å²) in [5, 5.41) is 34.2. The van der Waals surface area contributed by atoms with Gasteiger partial charge in [0.25, 0.3) is 0 Å². The number of aliphatic hydroxyl groups excluding tert-OH is 1. The van der Waals surface area contributed by atoms with Crippen molar-refractivity contribution in [2.45, 2.75) is 56.5 Å². The molecule has 5 unspecified atom stereocenters. The highest BCUT2D eigenvalue weighted by Crippen LogP contribution is 2.04. The van der Waals surface area contributed by atoms with Crippen molar-refractivity contribution in [2.24, 2.45) is 11.5 Å². The average Bonchev–Trinajstić information content (AvgIpc) is 2.75. The van der Waals surface area contributed by atoms with Gasteiger partial charge in [0, 0.05) is 0 Å². The molecule has 1 aromatic carbocycles. The van der Waals surface area contributed by atoms with Crippen molar-refractivity contribution in [3.8, 4) is 0 Å². The lowest BCUT2D eigenvalue weighted by Gasteiger charge is -2.26.